The summed E-state index contributed by atoms with van der Waals surface area (Å²) in [4.78, 5) is 8.28. The zero-order valence-corrected chi connectivity index (χ0v) is 15.0. The first kappa shape index (κ1) is 16.0. The van der Waals surface area contributed by atoms with Gasteiger partial charge >= 0.3 is 0 Å². The summed E-state index contributed by atoms with van der Waals surface area (Å²) in [6.07, 6.45) is 0. The molecule has 2 aromatic rings. The van der Waals surface area contributed by atoms with E-state index in [2.05, 4.69) is 9.80 Å². The molecule has 0 N–H and O–H groups in total. The zero-order valence-electron chi connectivity index (χ0n) is 15.0. The molecule has 0 aliphatic carbocycles. The van der Waals surface area contributed by atoms with E-state index in [9.17, 15) is 8.78 Å². The van der Waals surface area contributed by atoms with Crippen molar-refractivity contribution in [2.24, 2.45) is 0 Å². The second-order valence-electron chi connectivity index (χ2n) is 7.19. The largest absolute Gasteiger partial charge is 0.376 e. The number of anilines is 4. The van der Waals surface area contributed by atoms with E-state index in [-0.39, 0.29) is 11.6 Å². The fraction of sp³-hybridized carbons (Fsp3) is 0.368. The van der Waals surface area contributed by atoms with Crippen molar-refractivity contribution in [2.75, 3.05) is 54.5 Å². The van der Waals surface area contributed by atoms with Gasteiger partial charge in [-0.1, -0.05) is 0 Å². The Balaban J connectivity index is 1.88. The molecule has 6 heteroatoms. The summed E-state index contributed by atoms with van der Waals surface area (Å²) in [6, 6.07) is 6.37. The zero-order chi connectivity index (χ0) is 17.9. The van der Waals surface area contributed by atoms with Crippen molar-refractivity contribution in [1.29, 1.82) is 0 Å². The molecule has 132 valence electrons. The van der Waals surface area contributed by atoms with Crippen LogP contribution in [0.3, 0.4) is 0 Å². The standard InChI is InChI=1S/C19H22F2N4/c1-22(2)16-7-14(20)5-12-9-25-11-24(18(12)16)10-13-6-15(21)8-17(19(13)25)23(3)4/h5-8H,9-11H2,1-4H3. The number of fused-ring (bicyclic) bond motifs is 6. The van der Waals surface area contributed by atoms with Crippen LogP contribution in [0, 0.1) is 11.6 Å². The van der Waals surface area contributed by atoms with Crippen molar-refractivity contribution in [3.63, 3.8) is 0 Å². The Bertz CT molecular complexity index is 778. The number of nitrogens with zero attached hydrogens (tertiary/aromatic N) is 4. The number of halogens is 2. The topological polar surface area (TPSA) is 13.0 Å². The molecule has 0 amide bonds. The van der Waals surface area contributed by atoms with Crippen LogP contribution in [0.5, 0.6) is 0 Å². The summed E-state index contributed by atoms with van der Waals surface area (Å²) in [7, 11) is 7.68. The number of hydrogen-bond acceptors (Lipinski definition) is 4. The molecule has 0 fully saturated rings. The maximum atomic E-state index is 14.1. The molecule has 2 aromatic carbocycles. The lowest BCUT2D eigenvalue weighted by atomic mass is 9.99. The Morgan fingerprint density at radius 1 is 0.720 bits per heavy atom. The number of benzene rings is 2. The van der Waals surface area contributed by atoms with Crippen LogP contribution in [0.15, 0.2) is 24.3 Å². The highest BCUT2D eigenvalue weighted by Gasteiger charge is 2.34. The van der Waals surface area contributed by atoms with Crippen LogP contribution in [0.4, 0.5) is 31.5 Å². The third-order valence-electron chi connectivity index (χ3n) is 4.93. The molecule has 0 radical (unpaired) electrons. The normalized spacial score (nSPS) is 15.0. The first-order chi connectivity index (χ1) is 11.8. The Labute approximate surface area is 146 Å². The van der Waals surface area contributed by atoms with Gasteiger partial charge in [0, 0.05) is 41.3 Å². The van der Waals surface area contributed by atoms with Gasteiger partial charge in [-0.15, -0.1) is 0 Å². The molecule has 0 atom stereocenters. The molecule has 4 nitrogen and oxygen atoms in total. The Morgan fingerprint density at radius 2 is 1.12 bits per heavy atom. The first-order valence-electron chi connectivity index (χ1n) is 8.34. The maximum Gasteiger partial charge on any atom is 0.125 e. The van der Waals surface area contributed by atoms with Crippen molar-refractivity contribution in [3.8, 4) is 0 Å². The van der Waals surface area contributed by atoms with Crippen LogP contribution in [0.1, 0.15) is 11.1 Å². The van der Waals surface area contributed by atoms with Gasteiger partial charge < -0.3 is 19.6 Å². The molecule has 2 aliphatic rings. The number of hydrogen-bond donors (Lipinski definition) is 0. The Kier molecular flexibility index (Phi) is 3.52. The van der Waals surface area contributed by atoms with Crippen LogP contribution in [0.25, 0.3) is 0 Å². The lowest BCUT2D eigenvalue weighted by Gasteiger charge is -2.47. The van der Waals surface area contributed by atoms with E-state index in [1.807, 2.05) is 38.0 Å². The quantitative estimate of drug-likeness (QED) is 0.828. The molecule has 25 heavy (non-hydrogen) atoms. The van der Waals surface area contributed by atoms with E-state index in [0.717, 1.165) is 40.5 Å². The van der Waals surface area contributed by atoms with Crippen LogP contribution in [0.2, 0.25) is 0 Å². The summed E-state index contributed by atoms with van der Waals surface area (Å²) >= 11 is 0. The second kappa shape index (κ2) is 5.51. The van der Waals surface area contributed by atoms with E-state index >= 15 is 0 Å². The highest BCUT2D eigenvalue weighted by atomic mass is 19.1. The van der Waals surface area contributed by atoms with Crippen molar-refractivity contribution < 1.29 is 8.78 Å². The Hall–Kier alpha value is -2.50. The van der Waals surface area contributed by atoms with Gasteiger partial charge in [-0.2, -0.15) is 0 Å². The van der Waals surface area contributed by atoms with Crippen LogP contribution < -0.4 is 19.6 Å². The van der Waals surface area contributed by atoms with Crippen molar-refractivity contribution in [3.05, 3.63) is 47.0 Å². The van der Waals surface area contributed by atoms with Crippen molar-refractivity contribution in [1.82, 2.24) is 0 Å². The summed E-state index contributed by atoms with van der Waals surface area (Å²) in [5, 5.41) is 0. The number of rotatable bonds is 2. The van der Waals surface area contributed by atoms with Gasteiger partial charge in [-0.25, -0.2) is 8.78 Å². The predicted octanol–water partition coefficient (Wildman–Crippen LogP) is 3.39. The van der Waals surface area contributed by atoms with Crippen molar-refractivity contribution >= 4 is 22.7 Å². The molecule has 2 heterocycles. The second-order valence-corrected chi connectivity index (χ2v) is 7.19. The minimum Gasteiger partial charge on any atom is -0.376 e. The van der Waals surface area contributed by atoms with Gasteiger partial charge in [0.2, 0.25) is 0 Å². The summed E-state index contributed by atoms with van der Waals surface area (Å²) < 4.78 is 28.3. The lowest BCUT2D eigenvalue weighted by Crippen LogP contribution is -2.47. The van der Waals surface area contributed by atoms with Gasteiger partial charge in [-0.3, -0.25) is 0 Å². The van der Waals surface area contributed by atoms with Gasteiger partial charge in [0.15, 0.2) is 0 Å². The average Bonchev–Trinajstić information content (AvgIpc) is 2.52. The summed E-state index contributed by atoms with van der Waals surface area (Å²) in [5.41, 5.74) is 5.75. The third kappa shape index (κ3) is 2.47. The van der Waals surface area contributed by atoms with Crippen LogP contribution in [-0.4, -0.2) is 34.9 Å². The molecular weight excluding hydrogens is 322 g/mol. The highest BCUT2D eigenvalue weighted by molar-refractivity contribution is 5.83. The van der Waals surface area contributed by atoms with Crippen LogP contribution >= 0.6 is 0 Å². The van der Waals surface area contributed by atoms with E-state index in [1.54, 1.807) is 24.3 Å². The van der Waals surface area contributed by atoms with Crippen LogP contribution in [-0.2, 0) is 13.1 Å². The van der Waals surface area contributed by atoms with Crippen molar-refractivity contribution in [2.45, 2.75) is 13.1 Å². The van der Waals surface area contributed by atoms with E-state index < -0.39 is 0 Å². The molecule has 0 saturated carbocycles. The summed E-state index contributed by atoms with van der Waals surface area (Å²) in [5.74, 6) is -0.450. The molecule has 2 aliphatic heterocycles. The highest BCUT2D eigenvalue weighted by Crippen LogP contribution is 2.46. The smallest absolute Gasteiger partial charge is 0.125 e. The maximum absolute atomic E-state index is 14.1. The summed E-state index contributed by atoms with van der Waals surface area (Å²) in [6.45, 7) is 1.95. The Morgan fingerprint density at radius 3 is 1.48 bits per heavy atom. The molecular formula is C19H22F2N4. The minimum absolute atomic E-state index is 0.225. The molecule has 2 bridgehead atoms. The SMILES string of the molecule is CN(C)c1cc(F)cc2c1N1Cc3cc(F)cc(N(C)C)c3N(C2)C1. The molecule has 0 saturated heterocycles. The third-order valence-corrected chi connectivity index (χ3v) is 4.93. The van der Waals surface area contributed by atoms with Gasteiger partial charge in [0.05, 0.1) is 29.4 Å². The van der Waals surface area contributed by atoms with E-state index in [1.165, 1.54) is 0 Å². The predicted molar refractivity (Wildman–Crippen MR) is 98.7 cm³/mol. The first-order valence-corrected chi connectivity index (χ1v) is 8.34. The molecule has 0 aromatic heterocycles. The molecule has 0 spiro atoms. The fourth-order valence-electron chi connectivity index (χ4n) is 3.95. The molecule has 0 unspecified atom stereocenters. The van der Waals surface area contributed by atoms with Gasteiger partial charge in [0.1, 0.15) is 11.6 Å². The molecule has 4 rings (SSSR count). The minimum atomic E-state index is -0.225. The monoisotopic (exact) mass is 344 g/mol. The van der Waals surface area contributed by atoms with E-state index in [4.69, 9.17) is 0 Å². The van der Waals surface area contributed by atoms with Gasteiger partial charge in [-0.05, 0) is 35.4 Å². The average molecular weight is 344 g/mol. The lowest BCUT2D eigenvalue weighted by molar-refractivity contribution is 0.602. The van der Waals surface area contributed by atoms with E-state index in [0.29, 0.717) is 13.1 Å². The van der Waals surface area contributed by atoms with Gasteiger partial charge in [0.25, 0.3) is 0 Å². The fourth-order valence-corrected chi connectivity index (χ4v) is 3.95.